The molecule has 1 aliphatic heterocycles. The molecule has 1 aliphatic rings. The second-order valence-electron chi connectivity index (χ2n) is 29.0. The van der Waals surface area contributed by atoms with Crippen LogP contribution in [0.25, 0.3) is 0 Å². The van der Waals surface area contributed by atoms with Crippen LogP contribution in [-0.2, 0) is 67.8 Å². The zero-order valence-electron chi connectivity index (χ0n) is 60.6. The number of carbonyl (C=O) groups is 11. The average Bonchev–Trinajstić information content (AvgIpc) is 0.738. The molecule has 4 rings (SSSR count). The Balaban J connectivity index is 1.91. The van der Waals surface area contributed by atoms with Gasteiger partial charge in [-0.25, -0.2) is 0 Å². The highest BCUT2D eigenvalue weighted by Crippen LogP contribution is 2.37. The van der Waals surface area contributed by atoms with Crippen LogP contribution in [0.3, 0.4) is 0 Å². The molecule has 1 fully saturated rings. The number of hydrogen-bond donors (Lipinski definition) is 10. The van der Waals surface area contributed by atoms with Crippen molar-refractivity contribution in [3.63, 3.8) is 0 Å². The highest BCUT2D eigenvalue weighted by molar-refractivity contribution is 8.16. The second-order valence-corrected chi connectivity index (χ2v) is 31.3. The number of carbonyl (C=O) groups excluding carboxylic acids is 11. The SMILES string of the molecule is CCOC(=O)CNC(=O)[C@H](CC(C)C)NC(=O)[C@@H](NC(=O)C1CSCSCC(=O)OC[C@H](NC(C)(C)C)C(=O)N[C@@H](CC(=O)NC(c2ccccc2)(c2ccccc2)c2ccccc2)C(=O)N[C@@H](CC(C)C)C(=O)N(C(C)(C)C)[C@@H](CO)C(=O)N(C(C)(C)C)C([C@@H](C)O)C(=O)N1)C(C)C. The fourth-order valence-corrected chi connectivity index (χ4v) is 13.5. The van der Waals surface area contributed by atoms with Crippen molar-refractivity contribution in [1.29, 1.82) is 0 Å². The minimum absolute atomic E-state index is 0.0812. The third-order valence-corrected chi connectivity index (χ3v) is 18.3. The van der Waals surface area contributed by atoms with Crippen LogP contribution in [0, 0.1) is 17.8 Å². The van der Waals surface area contributed by atoms with Crippen LogP contribution in [0.2, 0.25) is 0 Å². The standard InChI is InChI=1S/C72H108N10O15S2/c1-18-96-57(86)37-73-61(88)50(34-43(2)3)75-65(92)59(45(6)7)78-64(91)54-40-98-42-99-41-58(87)97-39-53(79-69(9,10)11)63(90)74-51(36-56(85)80-72(47-28-22-19-23-29-47,48-30-24-20-25-31-48)49-32-26-21-27-33-49)62(89)76-52(35-44(4)5)67(94)81(70(12,13)14)55(38-83)68(95)82(71(15,16)17)60(46(8)84)66(93)77-54/h19-33,43-46,50-55,59-60,79,83-84H,18,34-42H2,1-17H3,(H,73,88)(H,74,90)(H,75,92)(H,76,89)(H,77,93)(H,78,91)(H,80,85)/t46-,50+,51+,52+,53+,54?,55+,59+,60?/m1/s1. The van der Waals surface area contributed by atoms with E-state index in [-0.39, 0.29) is 47.9 Å². The first kappa shape index (κ1) is 83.8. The number of esters is 2. The molecule has 3 aromatic carbocycles. The molecule has 27 heteroatoms. The maximum atomic E-state index is 15.8. The number of hydrogen-bond acceptors (Lipinski definition) is 18. The van der Waals surface area contributed by atoms with Crippen molar-refractivity contribution >= 4 is 88.6 Å². The molecule has 99 heavy (non-hydrogen) atoms. The fraction of sp³-hybridized carbons (Fsp3) is 0.597. The van der Waals surface area contributed by atoms with Crippen LogP contribution in [0.15, 0.2) is 91.0 Å². The first-order chi connectivity index (χ1) is 46.3. The lowest BCUT2D eigenvalue weighted by Crippen LogP contribution is -2.69. The number of aliphatic hydroxyl groups is 2. The van der Waals surface area contributed by atoms with Gasteiger partial charge in [0.1, 0.15) is 67.0 Å². The lowest BCUT2D eigenvalue weighted by molar-refractivity contribution is -0.164. The normalized spacial score (nSPS) is 20.7. The van der Waals surface area contributed by atoms with Crippen molar-refractivity contribution < 1.29 is 72.4 Å². The maximum Gasteiger partial charge on any atom is 0.325 e. The molecule has 25 nitrogen and oxygen atoms in total. The van der Waals surface area contributed by atoms with Gasteiger partial charge in [-0.3, -0.25) is 58.1 Å². The molecule has 3 aromatic rings. The van der Waals surface area contributed by atoms with Crippen LogP contribution in [0.5, 0.6) is 0 Å². The van der Waals surface area contributed by atoms with E-state index in [1.807, 2.05) is 105 Å². The molecule has 0 saturated carbocycles. The van der Waals surface area contributed by atoms with E-state index in [9.17, 15) is 39.0 Å². The zero-order chi connectivity index (χ0) is 74.3. The van der Waals surface area contributed by atoms with Gasteiger partial charge in [-0.2, -0.15) is 0 Å². The number of nitrogens with one attached hydrogen (secondary N) is 8. The second kappa shape index (κ2) is 38.3. The number of thioether (sulfide) groups is 2. The van der Waals surface area contributed by atoms with E-state index < -0.39 is 174 Å². The highest BCUT2D eigenvalue weighted by atomic mass is 32.2. The van der Waals surface area contributed by atoms with Crippen LogP contribution in [-0.4, -0.2) is 199 Å². The van der Waals surface area contributed by atoms with Crippen molar-refractivity contribution in [3.8, 4) is 0 Å². The zero-order valence-corrected chi connectivity index (χ0v) is 62.2. The first-order valence-electron chi connectivity index (χ1n) is 33.7. The summed E-state index contributed by atoms with van der Waals surface area (Å²) in [5.74, 6) is -10.9. The number of amides is 9. The van der Waals surface area contributed by atoms with Gasteiger partial charge >= 0.3 is 11.9 Å². The van der Waals surface area contributed by atoms with Crippen LogP contribution < -0.4 is 42.5 Å². The Morgan fingerprint density at radius 1 is 0.667 bits per heavy atom. The molecule has 9 amide bonds. The number of rotatable bonds is 22. The fourth-order valence-electron chi connectivity index (χ4n) is 11.6. The van der Waals surface area contributed by atoms with Gasteiger partial charge in [0.05, 0.1) is 31.5 Å². The summed E-state index contributed by atoms with van der Waals surface area (Å²) in [5, 5.41) is 46.1. The third-order valence-electron chi connectivity index (χ3n) is 15.9. The Kier molecular flexibility index (Phi) is 32.4. The number of cyclic esters (lactones) is 1. The van der Waals surface area contributed by atoms with E-state index in [2.05, 4.69) is 42.5 Å². The predicted molar refractivity (Wildman–Crippen MR) is 382 cm³/mol. The Morgan fingerprint density at radius 2 is 1.20 bits per heavy atom. The van der Waals surface area contributed by atoms with E-state index >= 15 is 24.0 Å². The molecule has 0 aliphatic carbocycles. The minimum atomic E-state index is -1.85. The van der Waals surface area contributed by atoms with Gasteiger partial charge in [-0.1, -0.05) is 133 Å². The van der Waals surface area contributed by atoms with Gasteiger partial charge in [0.2, 0.25) is 53.2 Å². The molecular weight excluding hydrogens is 1310 g/mol. The van der Waals surface area contributed by atoms with Crippen molar-refractivity contribution in [1.82, 2.24) is 52.3 Å². The van der Waals surface area contributed by atoms with Crippen molar-refractivity contribution in [2.24, 2.45) is 17.8 Å². The van der Waals surface area contributed by atoms with E-state index in [0.717, 1.165) is 33.3 Å². The molecule has 2 unspecified atom stereocenters. The Labute approximate surface area is 592 Å². The average molecular weight is 1420 g/mol. The summed E-state index contributed by atoms with van der Waals surface area (Å²) in [6.45, 7) is 26.2. The molecule has 1 saturated heterocycles. The number of ether oxygens (including phenoxy) is 2. The van der Waals surface area contributed by atoms with Crippen LogP contribution >= 0.6 is 23.5 Å². The smallest absolute Gasteiger partial charge is 0.325 e. The Bertz CT molecular complexity index is 3100. The van der Waals surface area contributed by atoms with E-state index in [1.165, 1.54) is 6.92 Å². The topological polar surface area (TPSA) is 349 Å². The molecule has 10 N–H and O–H groups in total. The van der Waals surface area contributed by atoms with Gasteiger partial charge < -0.3 is 66.7 Å². The molecule has 0 bridgehead atoms. The van der Waals surface area contributed by atoms with Crippen molar-refractivity contribution in [2.75, 3.05) is 43.0 Å². The summed E-state index contributed by atoms with van der Waals surface area (Å²) in [5.41, 5.74) is -3.00. The number of nitrogens with zero attached hydrogens (tertiary/aromatic N) is 2. The summed E-state index contributed by atoms with van der Waals surface area (Å²) in [4.78, 5) is 163. The molecule has 1 heterocycles. The summed E-state index contributed by atoms with van der Waals surface area (Å²) in [7, 11) is 0. The third kappa shape index (κ3) is 25.2. The summed E-state index contributed by atoms with van der Waals surface area (Å²) < 4.78 is 10.7. The summed E-state index contributed by atoms with van der Waals surface area (Å²) in [6.07, 6.45) is -2.37. The van der Waals surface area contributed by atoms with Crippen molar-refractivity contribution in [3.05, 3.63) is 108 Å². The number of benzene rings is 3. The quantitative estimate of drug-likeness (QED) is 0.0491. The molecule has 0 aromatic heterocycles. The van der Waals surface area contributed by atoms with Gasteiger partial charge in [0.25, 0.3) is 0 Å². The van der Waals surface area contributed by atoms with E-state index in [0.29, 0.717) is 16.7 Å². The largest absolute Gasteiger partial charge is 0.465 e. The first-order valence-corrected chi connectivity index (χ1v) is 36.0. The van der Waals surface area contributed by atoms with Gasteiger partial charge in [0, 0.05) is 27.5 Å². The molecule has 9 atom stereocenters. The van der Waals surface area contributed by atoms with Crippen LogP contribution in [0.1, 0.15) is 154 Å². The van der Waals surface area contributed by atoms with Gasteiger partial charge in [-0.15, -0.1) is 23.5 Å². The van der Waals surface area contributed by atoms with E-state index in [1.54, 1.807) is 96.9 Å². The predicted octanol–water partition coefficient (Wildman–Crippen LogP) is 4.44. The van der Waals surface area contributed by atoms with E-state index in [4.69, 9.17) is 9.47 Å². The summed E-state index contributed by atoms with van der Waals surface area (Å²) in [6, 6.07) is 15.3. The maximum absolute atomic E-state index is 15.8. The lowest BCUT2D eigenvalue weighted by atomic mass is 9.77. The van der Waals surface area contributed by atoms with Gasteiger partial charge in [0.15, 0.2) is 0 Å². The Morgan fingerprint density at radius 3 is 1.67 bits per heavy atom. The summed E-state index contributed by atoms with van der Waals surface area (Å²) >= 11 is 2.16. The highest BCUT2D eigenvalue weighted by Gasteiger charge is 2.49. The minimum Gasteiger partial charge on any atom is -0.465 e. The molecular formula is C72H108N10O15S2. The number of aliphatic hydroxyl groups excluding tert-OH is 2. The molecule has 0 radical (unpaired) electrons. The van der Waals surface area contributed by atoms with Gasteiger partial charge in [-0.05, 0) is 123 Å². The molecule has 548 valence electrons. The monoisotopic (exact) mass is 1420 g/mol. The lowest BCUT2D eigenvalue weighted by Gasteiger charge is -2.48. The Hall–Kier alpha value is -7.59. The molecule has 0 spiro atoms. The van der Waals surface area contributed by atoms with Crippen LogP contribution in [0.4, 0.5) is 0 Å². The van der Waals surface area contributed by atoms with Crippen molar-refractivity contribution in [2.45, 2.75) is 214 Å².